The van der Waals surface area contributed by atoms with Gasteiger partial charge in [-0.05, 0) is 17.7 Å². The number of nitrogens with zero attached hydrogens (tertiary/aromatic N) is 1. The van der Waals surface area contributed by atoms with Crippen LogP contribution in [-0.4, -0.2) is 10.1 Å². The first-order valence-corrected chi connectivity index (χ1v) is 6.95. The van der Waals surface area contributed by atoms with Crippen LogP contribution in [0, 0.1) is 0 Å². The number of rotatable bonds is 4. The molecule has 0 amide bonds. The molecular weight excluding hydrogens is 262 g/mol. The zero-order chi connectivity index (χ0) is 11.4. The normalized spacial score (nSPS) is 10.6. The molecule has 0 spiro atoms. The Bertz CT molecular complexity index is 455. The second-order valence-electron chi connectivity index (χ2n) is 3.18. The lowest BCUT2D eigenvalue weighted by Gasteiger charge is -1.98. The van der Waals surface area contributed by atoms with Gasteiger partial charge in [0.2, 0.25) is 0 Å². The van der Waals surface area contributed by atoms with Crippen LogP contribution in [0.2, 0.25) is 5.02 Å². The van der Waals surface area contributed by atoms with Crippen LogP contribution in [0.4, 0.5) is 0 Å². The Morgan fingerprint density at radius 1 is 1.31 bits per heavy atom. The fourth-order valence-corrected chi connectivity index (χ4v) is 3.07. The average molecular weight is 272 g/mol. The minimum absolute atomic E-state index is 0.0119. The summed E-state index contributed by atoms with van der Waals surface area (Å²) in [5, 5.41) is 11.5. The van der Waals surface area contributed by atoms with E-state index in [1.54, 1.807) is 23.1 Å². The van der Waals surface area contributed by atoms with Crippen molar-refractivity contribution in [3.8, 4) is 0 Å². The molecule has 16 heavy (non-hydrogen) atoms. The lowest BCUT2D eigenvalue weighted by molar-refractivity contribution is 0.277. The van der Waals surface area contributed by atoms with Gasteiger partial charge < -0.3 is 5.11 Å². The number of halogens is 1. The molecule has 0 radical (unpaired) electrons. The van der Waals surface area contributed by atoms with Gasteiger partial charge >= 0.3 is 0 Å². The predicted molar refractivity (Wildman–Crippen MR) is 69.0 cm³/mol. The number of thiazole rings is 1. The number of aliphatic hydroxyl groups is 1. The van der Waals surface area contributed by atoms with Gasteiger partial charge in [-0.1, -0.05) is 35.5 Å². The summed E-state index contributed by atoms with van der Waals surface area (Å²) in [4.78, 5) is 4.27. The molecule has 0 saturated carbocycles. The summed E-state index contributed by atoms with van der Waals surface area (Å²) in [5.74, 6) is 0.871. The van der Waals surface area contributed by atoms with Crippen molar-refractivity contribution in [1.29, 1.82) is 0 Å². The molecule has 0 bridgehead atoms. The van der Waals surface area contributed by atoms with Crippen LogP contribution in [0.5, 0.6) is 0 Å². The third-order valence-electron chi connectivity index (χ3n) is 1.97. The topological polar surface area (TPSA) is 33.1 Å². The molecule has 0 aliphatic rings. The van der Waals surface area contributed by atoms with Crippen LogP contribution in [0.15, 0.2) is 34.0 Å². The molecule has 1 aromatic heterocycles. The number of benzene rings is 1. The molecule has 0 fully saturated rings. The molecule has 5 heteroatoms. The van der Waals surface area contributed by atoms with E-state index < -0.39 is 0 Å². The summed E-state index contributed by atoms with van der Waals surface area (Å²) in [6.45, 7) is 0.0119. The zero-order valence-corrected chi connectivity index (χ0v) is 10.8. The van der Waals surface area contributed by atoms with Gasteiger partial charge in [0, 0.05) is 16.2 Å². The van der Waals surface area contributed by atoms with E-state index in [-0.39, 0.29) is 6.61 Å². The Morgan fingerprint density at radius 2 is 2.06 bits per heavy atom. The van der Waals surface area contributed by atoms with Crippen molar-refractivity contribution in [2.24, 2.45) is 0 Å². The number of hydrogen-bond acceptors (Lipinski definition) is 4. The molecule has 0 aliphatic heterocycles. The fraction of sp³-hybridized carbons (Fsp3) is 0.182. The van der Waals surface area contributed by atoms with E-state index in [9.17, 15) is 0 Å². The van der Waals surface area contributed by atoms with E-state index in [0.717, 1.165) is 20.8 Å². The van der Waals surface area contributed by atoms with Crippen molar-refractivity contribution in [2.45, 2.75) is 16.7 Å². The van der Waals surface area contributed by atoms with Gasteiger partial charge in [-0.3, -0.25) is 0 Å². The van der Waals surface area contributed by atoms with Crippen molar-refractivity contribution >= 4 is 34.7 Å². The molecule has 1 heterocycles. The maximum atomic E-state index is 8.89. The van der Waals surface area contributed by atoms with Crippen LogP contribution in [-0.2, 0) is 12.4 Å². The van der Waals surface area contributed by atoms with Crippen LogP contribution in [0.25, 0.3) is 0 Å². The molecule has 0 unspecified atom stereocenters. The molecule has 0 aliphatic carbocycles. The third-order valence-corrected chi connectivity index (χ3v) is 4.36. The number of hydrogen-bond donors (Lipinski definition) is 1. The summed E-state index contributed by atoms with van der Waals surface area (Å²) in [5.41, 5.74) is 1.96. The number of aromatic nitrogens is 1. The van der Waals surface area contributed by atoms with Crippen molar-refractivity contribution in [3.05, 3.63) is 45.9 Å². The van der Waals surface area contributed by atoms with Crippen LogP contribution in [0.3, 0.4) is 0 Å². The summed E-state index contributed by atoms with van der Waals surface area (Å²) < 4.78 is 0.985. The predicted octanol–water partition coefficient (Wildman–Crippen LogP) is 3.58. The minimum Gasteiger partial charge on any atom is -0.390 e. The first-order chi connectivity index (χ1) is 7.78. The number of thioether (sulfide) groups is 1. The van der Waals surface area contributed by atoms with Crippen molar-refractivity contribution in [1.82, 2.24) is 4.98 Å². The lowest BCUT2D eigenvalue weighted by atomic mass is 10.2. The van der Waals surface area contributed by atoms with Gasteiger partial charge in [-0.15, -0.1) is 11.3 Å². The zero-order valence-electron chi connectivity index (χ0n) is 8.39. The van der Waals surface area contributed by atoms with E-state index >= 15 is 0 Å². The summed E-state index contributed by atoms with van der Waals surface area (Å²) in [7, 11) is 0. The van der Waals surface area contributed by atoms with Crippen LogP contribution >= 0.6 is 34.7 Å². The van der Waals surface area contributed by atoms with E-state index in [4.69, 9.17) is 16.7 Å². The van der Waals surface area contributed by atoms with E-state index in [1.807, 2.05) is 29.6 Å². The molecule has 2 nitrogen and oxygen atoms in total. The monoisotopic (exact) mass is 271 g/mol. The van der Waals surface area contributed by atoms with Gasteiger partial charge in [0.05, 0.1) is 12.3 Å². The molecular formula is C11H10ClNOS2. The molecule has 2 aromatic rings. The molecule has 0 atom stereocenters. The van der Waals surface area contributed by atoms with Crippen molar-refractivity contribution < 1.29 is 5.11 Å². The van der Waals surface area contributed by atoms with Crippen LogP contribution < -0.4 is 0 Å². The Hall–Kier alpha value is -0.550. The first-order valence-electron chi connectivity index (χ1n) is 4.70. The van der Waals surface area contributed by atoms with Gasteiger partial charge in [0.1, 0.15) is 0 Å². The van der Waals surface area contributed by atoms with Gasteiger partial charge in [0.25, 0.3) is 0 Å². The Morgan fingerprint density at radius 3 is 2.69 bits per heavy atom. The van der Waals surface area contributed by atoms with Crippen molar-refractivity contribution in [3.63, 3.8) is 0 Å². The summed E-state index contributed by atoms with van der Waals surface area (Å²) >= 11 is 9.04. The number of aliphatic hydroxyl groups excluding tert-OH is 1. The SMILES string of the molecule is OCc1csc(SCc2ccc(Cl)cc2)n1. The summed E-state index contributed by atoms with van der Waals surface area (Å²) in [6, 6.07) is 7.79. The second kappa shape index (κ2) is 5.68. The Kier molecular flexibility index (Phi) is 4.23. The maximum absolute atomic E-state index is 8.89. The first kappa shape index (κ1) is 11.9. The van der Waals surface area contributed by atoms with Crippen LogP contribution in [0.1, 0.15) is 11.3 Å². The molecule has 2 rings (SSSR count). The third kappa shape index (κ3) is 3.22. The average Bonchev–Trinajstić information content (AvgIpc) is 2.76. The Labute approximate surface area is 107 Å². The standard InChI is InChI=1S/C11H10ClNOS2/c12-9-3-1-8(2-4-9)6-15-11-13-10(5-14)7-16-11/h1-4,7,14H,5-6H2. The maximum Gasteiger partial charge on any atom is 0.150 e. The highest BCUT2D eigenvalue weighted by molar-refractivity contribution is 8.00. The lowest BCUT2D eigenvalue weighted by Crippen LogP contribution is -1.82. The largest absolute Gasteiger partial charge is 0.390 e. The van der Waals surface area contributed by atoms with Gasteiger partial charge in [-0.25, -0.2) is 4.98 Å². The Balaban J connectivity index is 1.94. The quantitative estimate of drug-likeness (QED) is 0.863. The highest BCUT2D eigenvalue weighted by Gasteiger charge is 2.02. The summed E-state index contributed by atoms with van der Waals surface area (Å²) in [6.07, 6.45) is 0. The van der Waals surface area contributed by atoms with Crippen molar-refractivity contribution in [2.75, 3.05) is 0 Å². The molecule has 1 N–H and O–H groups in total. The van der Waals surface area contributed by atoms with Gasteiger partial charge in [-0.2, -0.15) is 0 Å². The van der Waals surface area contributed by atoms with E-state index in [2.05, 4.69) is 4.98 Å². The smallest absolute Gasteiger partial charge is 0.150 e. The minimum atomic E-state index is 0.0119. The highest BCUT2D eigenvalue weighted by atomic mass is 35.5. The van der Waals surface area contributed by atoms with Gasteiger partial charge in [0.15, 0.2) is 4.34 Å². The second-order valence-corrected chi connectivity index (χ2v) is 5.70. The molecule has 0 saturated heterocycles. The molecule has 1 aromatic carbocycles. The fourth-order valence-electron chi connectivity index (χ4n) is 1.15. The molecule has 84 valence electrons. The van der Waals surface area contributed by atoms with E-state index in [0.29, 0.717) is 0 Å². The van der Waals surface area contributed by atoms with E-state index in [1.165, 1.54) is 5.56 Å². The highest BCUT2D eigenvalue weighted by Crippen LogP contribution is 2.26.